The zero-order chi connectivity index (χ0) is 7.61. The van der Waals surface area contributed by atoms with E-state index in [0.29, 0.717) is 6.54 Å². The van der Waals surface area contributed by atoms with Gasteiger partial charge in [-0.05, 0) is 0 Å². The van der Waals surface area contributed by atoms with Crippen molar-refractivity contribution in [1.29, 1.82) is 0 Å². The second-order valence-electron chi connectivity index (χ2n) is 2.23. The molecule has 10 heavy (non-hydrogen) atoms. The van der Waals surface area contributed by atoms with Crippen LogP contribution in [0.5, 0.6) is 0 Å². The van der Waals surface area contributed by atoms with Crippen molar-refractivity contribution in [3.05, 3.63) is 12.2 Å². The summed E-state index contributed by atoms with van der Waals surface area (Å²) >= 11 is 0. The fraction of sp³-hybridized carbons (Fsp3) is 0.667. The number of halogens is 3. The maximum absolute atomic E-state index is 11.9. The Balaban J connectivity index is 2.55. The molecule has 1 rings (SSSR count). The Morgan fingerprint density at radius 1 is 1.40 bits per heavy atom. The zero-order valence-corrected chi connectivity index (χ0v) is 5.28. The van der Waals surface area contributed by atoms with Gasteiger partial charge in [0.2, 0.25) is 0 Å². The predicted molar refractivity (Wildman–Crippen MR) is 31.6 cm³/mol. The lowest BCUT2D eigenvalue weighted by Gasteiger charge is -2.19. The molecule has 0 radical (unpaired) electrons. The number of hydrogen-bond acceptors (Lipinski definition) is 1. The highest BCUT2D eigenvalue weighted by molar-refractivity contribution is 4.98. The van der Waals surface area contributed by atoms with Crippen LogP contribution >= 0.6 is 0 Å². The molecule has 58 valence electrons. The highest BCUT2D eigenvalue weighted by atomic mass is 19.4. The molecule has 0 aromatic rings. The molecule has 0 amide bonds. The first-order chi connectivity index (χ1) is 4.61. The van der Waals surface area contributed by atoms with Gasteiger partial charge in [-0.15, -0.1) is 0 Å². The summed E-state index contributed by atoms with van der Waals surface area (Å²) in [7, 11) is 0. The number of nitrogens with one attached hydrogen (secondary N) is 1. The number of hydrogen-bond donors (Lipinski definition) is 1. The smallest absolute Gasteiger partial charge is 0.312 e. The highest BCUT2D eigenvalue weighted by Crippen LogP contribution is 2.27. The summed E-state index contributed by atoms with van der Waals surface area (Å²) < 4.78 is 35.6. The van der Waals surface area contributed by atoms with Crippen LogP contribution in [0.15, 0.2) is 12.2 Å². The van der Waals surface area contributed by atoms with Gasteiger partial charge in [0.15, 0.2) is 0 Å². The minimum absolute atomic E-state index is 0.0139. The quantitative estimate of drug-likeness (QED) is 0.515. The van der Waals surface area contributed by atoms with E-state index in [9.17, 15) is 13.2 Å². The van der Waals surface area contributed by atoms with Crippen molar-refractivity contribution >= 4 is 0 Å². The normalized spacial score (nSPS) is 26.9. The van der Waals surface area contributed by atoms with Crippen molar-refractivity contribution < 1.29 is 13.2 Å². The monoisotopic (exact) mass is 151 g/mol. The van der Waals surface area contributed by atoms with Crippen molar-refractivity contribution in [2.24, 2.45) is 5.92 Å². The van der Waals surface area contributed by atoms with Gasteiger partial charge >= 0.3 is 6.18 Å². The molecule has 0 fully saturated rings. The van der Waals surface area contributed by atoms with E-state index in [-0.39, 0.29) is 6.54 Å². The summed E-state index contributed by atoms with van der Waals surface area (Å²) in [6.07, 6.45) is -1.37. The Morgan fingerprint density at radius 2 is 2.10 bits per heavy atom. The summed E-state index contributed by atoms with van der Waals surface area (Å²) in [5, 5.41) is 2.63. The molecule has 0 aliphatic carbocycles. The number of rotatable bonds is 0. The van der Waals surface area contributed by atoms with Gasteiger partial charge in [-0.2, -0.15) is 13.2 Å². The third-order valence-electron chi connectivity index (χ3n) is 1.42. The molecule has 0 saturated carbocycles. The van der Waals surface area contributed by atoms with Gasteiger partial charge in [-0.25, -0.2) is 0 Å². The van der Waals surface area contributed by atoms with Crippen LogP contribution in [0.1, 0.15) is 0 Å². The maximum atomic E-state index is 11.9. The summed E-state index contributed by atoms with van der Waals surface area (Å²) in [5.74, 6) is -1.29. The molecule has 1 unspecified atom stereocenters. The standard InChI is InChI=1S/C6H8F3N/c7-6(8,9)5-2-1-3-10-4-5/h1-2,5,10H,3-4H2. The van der Waals surface area contributed by atoms with E-state index in [2.05, 4.69) is 5.32 Å². The van der Waals surface area contributed by atoms with Crippen molar-refractivity contribution in [2.75, 3.05) is 13.1 Å². The molecule has 0 aromatic carbocycles. The molecule has 1 N–H and O–H groups in total. The summed E-state index contributed by atoms with van der Waals surface area (Å²) in [6, 6.07) is 0. The summed E-state index contributed by atoms with van der Waals surface area (Å²) in [5.41, 5.74) is 0. The van der Waals surface area contributed by atoms with Gasteiger partial charge in [0.25, 0.3) is 0 Å². The average molecular weight is 151 g/mol. The van der Waals surface area contributed by atoms with Gasteiger partial charge in [0.1, 0.15) is 0 Å². The van der Waals surface area contributed by atoms with Crippen LogP contribution in [0.25, 0.3) is 0 Å². The molecular formula is C6H8F3N. The van der Waals surface area contributed by atoms with Crippen LogP contribution in [-0.2, 0) is 0 Å². The molecule has 0 aromatic heterocycles. The van der Waals surface area contributed by atoms with E-state index < -0.39 is 12.1 Å². The molecule has 1 aliphatic heterocycles. The SMILES string of the molecule is FC(F)(F)C1C=CCNC1. The van der Waals surface area contributed by atoms with Crippen LogP contribution in [0.2, 0.25) is 0 Å². The van der Waals surface area contributed by atoms with Gasteiger partial charge in [0, 0.05) is 13.1 Å². The van der Waals surface area contributed by atoms with Gasteiger partial charge < -0.3 is 5.32 Å². The van der Waals surface area contributed by atoms with Crippen LogP contribution in [-0.4, -0.2) is 19.3 Å². The Labute approximate surface area is 56.9 Å². The van der Waals surface area contributed by atoms with Gasteiger partial charge in [-0.3, -0.25) is 0 Å². The van der Waals surface area contributed by atoms with Crippen LogP contribution in [0, 0.1) is 5.92 Å². The molecule has 0 bridgehead atoms. The van der Waals surface area contributed by atoms with Crippen molar-refractivity contribution in [3.63, 3.8) is 0 Å². The molecule has 1 heterocycles. The average Bonchev–Trinajstić information content (AvgIpc) is 1.88. The topological polar surface area (TPSA) is 12.0 Å². The van der Waals surface area contributed by atoms with Crippen LogP contribution in [0.4, 0.5) is 13.2 Å². The summed E-state index contributed by atoms with van der Waals surface area (Å²) in [6.45, 7) is 0.562. The molecule has 4 heteroatoms. The third kappa shape index (κ3) is 1.73. The third-order valence-corrected chi connectivity index (χ3v) is 1.42. The first kappa shape index (κ1) is 7.60. The molecule has 1 aliphatic rings. The molecule has 1 atom stereocenters. The lowest BCUT2D eigenvalue weighted by molar-refractivity contribution is -0.160. The summed E-state index contributed by atoms with van der Waals surface area (Å²) in [4.78, 5) is 0. The van der Waals surface area contributed by atoms with Crippen LogP contribution < -0.4 is 5.32 Å². The predicted octanol–water partition coefficient (Wildman–Crippen LogP) is 1.32. The van der Waals surface area contributed by atoms with Crippen molar-refractivity contribution in [3.8, 4) is 0 Å². The second-order valence-corrected chi connectivity index (χ2v) is 2.23. The Morgan fingerprint density at radius 3 is 2.40 bits per heavy atom. The van der Waals surface area contributed by atoms with E-state index in [1.807, 2.05) is 0 Å². The van der Waals surface area contributed by atoms with Gasteiger partial charge in [0.05, 0.1) is 5.92 Å². The Bertz CT molecular complexity index is 138. The maximum Gasteiger partial charge on any atom is 0.396 e. The first-order valence-corrected chi connectivity index (χ1v) is 3.05. The molecule has 0 saturated heterocycles. The van der Waals surface area contributed by atoms with E-state index in [4.69, 9.17) is 0 Å². The van der Waals surface area contributed by atoms with E-state index in [1.165, 1.54) is 12.2 Å². The lowest BCUT2D eigenvalue weighted by Crippen LogP contribution is -2.35. The Hall–Kier alpha value is -0.510. The molecule has 1 nitrogen and oxygen atoms in total. The minimum atomic E-state index is -4.08. The Kier molecular flexibility index (Phi) is 1.99. The largest absolute Gasteiger partial charge is 0.396 e. The molecule has 0 spiro atoms. The van der Waals surface area contributed by atoms with Gasteiger partial charge in [-0.1, -0.05) is 12.2 Å². The second kappa shape index (κ2) is 2.62. The minimum Gasteiger partial charge on any atom is -0.312 e. The zero-order valence-electron chi connectivity index (χ0n) is 5.28. The first-order valence-electron chi connectivity index (χ1n) is 3.05. The van der Waals surface area contributed by atoms with Crippen LogP contribution in [0.3, 0.4) is 0 Å². The fourth-order valence-corrected chi connectivity index (χ4v) is 0.847. The van der Waals surface area contributed by atoms with Crippen molar-refractivity contribution in [2.45, 2.75) is 6.18 Å². The highest BCUT2D eigenvalue weighted by Gasteiger charge is 2.37. The van der Waals surface area contributed by atoms with E-state index in [1.54, 1.807) is 0 Å². The molecular weight excluding hydrogens is 143 g/mol. The van der Waals surface area contributed by atoms with E-state index >= 15 is 0 Å². The van der Waals surface area contributed by atoms with E-state index in [0.717, 1.165) is 0 Å². The van der Waals surface area contributed by atoms with Crippen molar-refractivity contribution in [1.82, 2.24) is 5.32 Å². The fourth-order valence-electron chi connectivity index (χ4n) is 0.847. The number of alkyl halides is 3. The lowest BCUT2D eigenvalue weighted by atomic mass is 10.1.